The second-order valence-corrected chi connectivity index (χ2v) is 6.18. The van der Waals surface area contributed by atoms with Crippen LogP contribution < -0.4 is 10.6 Å². The zero-order valence-electron chi connectivity index (χ0n) is 12.7. The summed E-state index contributed by atoms with van der Waals surface area (Å²) in [6.45, 7) is 10.9. The summed E-state index contributed by atoms with van der Waals surface area (Å²) in [5.74, 6) is 0.741. The molecule has 0 bridgehead atoms. The van der Waals surface area contributed by atoms with Crippen molar-refractivity contribution in [2.75, 3.05) is 5.32 Å². The van der Waals surface area contributed by atoms with Crippen molar-refractivity contribution in [1.82, 2.24) is 5.32 Å². The van der Waals surface area contributed by atoms with Gasteiger partial charge in [0.05, 0.1) is 0 Å². The van der Waals surface area contributed by atoms with Gasteiger partial charge in [0.25, 0.3) is 0 Å². The van der Waals surface area contributed by atoms with E-state index in [2.05, 4.69) is 63.5 Å². The second kappa shape index (κ2) is 7.49. The number of thiocarbonyl (C=S) groups is 1. The minimum Gasteiger partial charge on any atom is -0.360 e. The highest BCUT2D eigenvalue weighted by atomic mass is 32.1. The molecule has 0 aliphatic heterocycles. The molecule has 1 aromatic rings. The van der Waals surface area contributed by atoms with Gasteiger partial charge < -0.3 is 10.6 Å². The molecule has 0 aliphatic rings. The maximum Gasteiger partial charge on any atom is 0.170 e. The predicted molar refractivity (Wildman–Crippen MR) is 88.8 cm³/mol. The third-order valence-electron chi connectivity index (χ3n) is 3.32. The maximum absolute atomic E-state index is 5.35. The van der Waals surface area contributed by atoms with Gasteiger partial charge in [0.2, 0.25) is 0 Å². The van der Waals surface area contributed by atoms with Crippen molar-refractivity contribution in [2.24, 2.45) is 5.92 Å². The fourth-order valence-corrected chi connectivity index (χ4v) is 2.18. The van der Waals surface area contributed by atoms with E-state index in [1.807, 2.05) is 0 Å². The zero-order valence-corrected chi connectivity index (χ0v) is 13.5. The van der Waals surface area contributed by atoms with Crippen LogP contribution in [0.2, 0.25) is 0 Å². The van der Waals surface area contributed by atoms with Gasteiger partial charge in [-0.3, -0.25) is 0 Å². The lowest BCUT2D eigenvalue weighted by atomic mass is 10.0. The summed E-state index contributed by atoms with van der Waals surface area (Å²) >= 11 is 5.35. The van der Waals surface area contributed by atoms with E-state index in [-0.39, 0.29) is 0 Å². The fraction of sp³-hybridized carbons (Fsp3) is 0.562. The Morgan fingerprint density at radius 1 is 1.11 bits per heavy atom. The lowest BCUT2D eigenvalue weighted by Crippen LogP contribution is -2.36. The Morgan fingerprint density at radius 2 is 1.79 bits per heavy atom. The van der Waals surface area contributed by atoms with Crippen LogP contribution in [0.4, 0.5) is 5.69 Å². The SMILES string of the molecule is Cc1ccc(NC(=S)N[C@@H](C)CCC(C)C)cc1C. The second-order valence-electron chi connectivity index (χ2n) is 5.77. The first kappa shape index (κ1) is 16.0. The highest BCUT2D eigenvalue weighted by Gasteiger charge is 2.06. The van der Waals surface area contributed by atoms with E-state index < -0.39 is 0 Å². The minimum absolute atomic E-state index is 0.411. The molecule has 0 fully saturated rings. The van der Waals surface area contributed by atoms with E-state index in [4.69, 9.17) is 12.2 Å². The Hall–Kier alpha value is -1.09. The average molecular weight is 278 g/mol. The molecular weight excluding hydrogens is 252 g/mol. The van der Waals surface area contributed by atoms with Crippen molar-refractivity contribution in [3.8, 4) is 0 Å². The largest absolute Gasteiger partial charge is 0.360 e. The summed E-state index contributed by atoms with van der Waals surface area (Å²) in [6.07, 6.45) is 2.37. The van der Waals surface area contributed by atoms with Crippen molar-refractivity contribution < 1.29 is 0 Å². The van der Waals surface area contributed by atoms with E-state index in [9.17, 15) is 0 Å². The van der Waals surface area contributed by atoms with Crippen molar-refractivity contribution >= 4 is 23.0 Å². The molecule has 0 radical (unpaired) electrons. The molecule has 0 heterocycles. The highest BCUT2D eigenvalue weighted by Crippen LogP contribution is 2.14. The van der Waals surface area contributed by atoms with E-state index in [1.165, 1.54) is 17.5 Å². The number of hydrogen-bond donors (Lipinski definition) is 2. The van der Waals surface area contributed by atoms with Gasteiger partial charge in [-0.1, -0.05) is 19.9 Å². The Kier molecular flexibility index (Phi) is 6.29. The Bertz CT molecular complexity index is 427. The molecule has 19 heavy (non-hydrogen) atoms. The van der Waals surface area contributed by atoms with Crippen molar-refractivity contribution in [2.45, 2.75) is 53.5 Å². The Labute approximate surface area is 123 Å². The number of benzene rings is 1. The molecule has 0 saturated heterocycles. The normalized spacial score (nSPS) is 12.3. The van der Waals surface area contributed by atoms with Crippen molar-refractivity contribution in [1.29, 1.82) is 0 Å². The number of rotatable bonds is 5. The number of nitrogens with one attached hydrogen (secondary N) is 2. The summed E-state index contributed by atoms with van der Waals surface area (Å²) < 4.78 is 0. The van der Waals surface area contributed by atoms with E-state index >= 15 is 0 Å². The molecule has 0 aromatic heterocycles. The van der Waals surface area contributed by atoms with Crippen molar-refractivity contribution in [3.63, 3.8) is 0 Å². The Balaban J connectivity index is 2.44. The van der Waals surface area contributed by atoms with Crippen LogP contribution in [0.1, 0.15) is 44.7 Å². The first-order valence-electron chi connectivity index (χ1n) is 7.03. The molecule has 0 amide bonds. The molecule has 106 valence electrons. The van der Waals surface area contributed by atoms with Crippen LogP contribution in [-0.2, 0) is 0 Å². The molecule has 1 rings (SSSR count). The maximum atomic E-state index is 5.35. The summed E-state index contributed by atoms with van der Waals surface area (Å²) in [5.41, 5.74) is 3.63. The van der Waals surface area contributed by atoms with Crippen LogP contribution in [0.3, 0.4) is 0 Å². The summed E-state index contributed by atoms with van der Waals surface area (Å²) in [5, 5.41) is 7.29. The summed E-state index contributed by atoms with van der Waals surface area (Å²) in [6, 6.07) is 6.72. The summed E-state index contributed by atoms with van der Waals surface area (Å²) in [7, 11) is 0. The zero-order chi connectivity index (χ0) is 14.4. The van der Waals surface area contributed by atoms with E-state index in [0.29, 0.717) is 11.2 Å². The third-order valence-corrected chi connectivity index (χ3v) is 3.54. The van der Waals surface area contributed by atoms with Gasteiger partial charge >= 0.3 is 0 Å². The number of aryl methyl sites for hydroxylation is 2. The van der Waals surface area contributed by atoms with Gasteiger partial charge in [-0.2, -0.15) is 0 Å². The number of anilines is 1. The third kappa shape index (κ3) is 6.06. The molecule has 0 saturated carbocycles. The van der Waals surface area contributed by atoms with Crippen LogP contribution in [0.25, 0.3) is 0 Å². The lowest BCUT2D eigenvalue weighted by molar-refractivity contribution is 0.494. The fourth-order valence-electron chi connectivity index (χ4n) is 1.87. The molecule has 3 heteroatoms. The minimum atomic E-state index is 0.411. The molecule has 0 unspecified atom stereocenters. The van der Waals surface area contributed by atoms with E-state index in [0.717, 1.165) is 18.0 Å². The molecule has 2 N–H and O–H groups in total. The van der Waals surface area contributed by atoms with Gasteiger partial charge in [-0.25, -0.2) is 0 Å². The molecular formula is C16H26N2S. The van der Waals surface area contributed by atoms with Gasteiger partial charge in [0.15, 0.2) is 5.11 Å². The van der Waals surface area contributed by atoms with Crippen LogP contribution >= 0.6 is 12.2 Å². The van der Waals surface area contributed by atoms with Gasteiger partial charge in [0.1, 0.15) is 0 Å². The van der Waals surface area contributed by atoms with Crippen LogP contribution in [-0.4, -0.2) is 11.2 Å². The summed E-state index contributed by atoms with van der Waals surface area (Å²) in [4.78, 5) is 0. The van der Waals surface area contributed by atoms with E-state index in [1.54, 1.807) is 0 Å². The van der Waals surface area contributed by atoms with Crippen LogP contribution in [0, 0.1) is 19.8 Å². The van der Waals surface area contributed by atoms with Crippen LogP contribution in [0.5, 0.6) is 0 Å². The van der Waals surface area contributed by atoms with Gasteiger partial charge in [0, 0.05) is 11.7 Å². The standard InChI is InChI=1S/C16H26N2S/c1-11(2)6-8-14(5)17-16(19)18-15-9-7-12(3)13(4)10-15/h7,9-11,14H,6,8H2,1-5H3,(H2,17,18,19)/t14-/m0/s1. The average Bonchev–Trinajstić information content (AvgIpc) is 2.31. The topological polar surface area (TPSA) is 24.1 Å². The Morgan fingerprint density at radius 3 is 2.37 bits per heavy atom. The smallest absolute Gasteiger partial charge is 0.170 e. The predicted octanol–water partition coefficient (Wildman–Crippen LogP) is 4.41. The highest BCUT2D eigenvalue weighted by molar-refractivity contribution is 7.80. The van der Waals surface area contributed by atoms with Gasteiger partial charge in [-0.15, -0.1) is 0 Å². The molecule has 0 spiro atoms. The van der Waals surface area contributed by atoms with Crippen LogP contribution in [0.15, 0.2) is 18.2 Å². The lowest BCUT2D eigenvalue weighted by Gasteiger charge is -2.18. The monoisotopic (exact) mass is 278 g/mol. The molecule has 0 aliphatic carbocycles. The quantitative estimate of drug-likeness (QED) is 0.780. The molecule has 1 aromatic carbocycles. The number of hydrogen-bond acceptors (Lipinski definition) is 1. The first-order valence-corrected chi connectivity index (χ1v) is 7.44. The van der Waals surface area contributed by atoms with Crippen molar-refractivity contribution in [3.05, 3.63) is 29.3 Å². The molecule has 1 atom stereocenters. The first-order chi connectivity index (χ1) is 8.88. The van der Waals surface area contributed by atoms with Gasteiger partial charge in [-0.05, 0) is 75.0 Å². The molecule has 2 nitrogen and oxygen atoms in total.